The van der Waals surface area contributed by atoms with Crippen LogP contribution in [0.1, 0.15) is 23.8 Å². The summed E-state index contributed by atoms with van der Waals surface area (Å²) in [5.41, 5.74) is 0.254. The number of carbonyl (C=O) groups excluding carboxylic acids is 1. The lowest BCUT2D eigenvalue weighted by molar-refractivity contribution is -0.139. The van der Waals surface area contributed by atoms with Gasteiger partial charge in [0.05, 0.1) is 12.5 Å². The number of aliphatic carboxylic acids is 1. The SMILES string of the molecule is CCC(NC(=O)c1cnc[nH]1)C(=O)O. The van der Waals surface area contributed by atoms with Crippen LogP contribution in [0.5, 0.6) is 0 Å². The predicted molar refractivity (Wildman–Crippen MR) is 47.8 cm³/mol. The van der Waals surface area contributed by atoms with Crippen LogP contribution in [-0.4, -0.2) is 33.0 Å². The molecular formula is C8H11N3O3. The van der Waals surface area contributed by atoms with Crippen molar-refractivity contribution in [1.82, 2.24) is 15.3 Å². The van der Waals surface area contributed by atoms with Gasteiger partial charge in [-0.3, -0.25) is 4.79 Å². The lowest BCUT2D eigenvalue weighted by atomic mass is 10.2. The molecule has 0 fully saturated rings. The van der Waals surface area contributed by atoms with E-state index in [1.165, 1.54) is 12.5 Å². The Morgan fingerprint density at radius 2 is 2.43 bits per heavy atom. The highest BCUT2D eigenvalue weighted by molar-refractivity contribution is 5.94. The lowest BCUT2D eigenvalue weighted by Gasteiger charge is -2.10. The highest BCUT2D eigenvalue weighted by Crippen LogP contribution is 1.95. The van der Waals surface area contributed by atoms with Gasteiger partial charge in [0.15, 0.2) is 0 Å². The van der Waals surface area contributed by atoms with Crippen LogP contribution in [0.2, 0.25) is 0 Å². The maximum absolute atomic E-state index is 11.3. The Morgan fingerprint density at radius 1 is 1.71 bits per heavy atom. The summed E-state index contributed by atoms with van der Waals surface area (Å²) in [7, 11) is 0. The van der Waals surface area contributed by atoms with Gasteiger partial charge in [-0.25, -0.2) is 9.78 Å². The summed E-state index contributed by atoms with van der Waals surface area (Å²) in [4.78, 5) is 28.2. The molecule has 1 unspecified atom stereocenters. The number of aromatic nitrogens is 2. The second-order valence-corrected chi connectivity index (χ2v) is 2.74. The Kier molecular flexibility index (Phi) is 3.22. The number of aromatic amines is 1. The van der Waals surface area contributed by atoms with Crippen LogP contribution in [-0.2, 0) is 4.79 Å². The first-order chi connectivity index (χ1) is 6.65. The highest BCUT2D eigenvalue weighted by atomic mass is 16.4. The van der Waals surface area contributed by atoms with Crippen molar-refractivity contribution in [3.63, 3.8) is 0 Å². The van der Waals surface area contributed by atoms with E-state index in [-0.39, 0.29) is 5.69 Å². The Labute approximate surface area is 80.4 Å². The second kappa shape index (κ2) is 4.40. The van der Waals surface area contributed by atoms with Crippen molar-refractivity contribution in [1.29, 1.82) is 0 Å². The number of nitrogens with one attached hydrogen (secondary N) is 2. The quantitative estimate of drug-likeness (QED) is 0.633. The molecule has 0 bridgehead atoms. The van der Waals surface area contributed by atoms with Crippen molar-refractivity contribution in [2.24, 2.45) is 0 Å². The fraction of sp³-hybridized carbons (Fsp3) is 0.375. The van der Waals surface area contributed by atoms with Gasteiger partial charge in [-0.05, 0) is 6.42 Å². The molecule has 0 aliphatic carbocycles. The van der Waals surface area contributed by atoms with Crippen LogP contribution < -0.4 is 5.32 Å². The molecule has 1 aromatic heterocycles. The minimum absolute atomic E-state index is 0.254. The minimum atomic E-state index is -1.04. The lowest BCUT2D eigenvalue weighted by Crippen LogP contribution is -2.40. The molecule has 1 rings (SSSR count). The van der Waals surface area contributed by atoms with Crippen molar-refractivity contribution >= 4 is 11.9 Å². The number of carbonyl (C=O) groups is 2. The summed E-state index contributed by atoms with van der Waals surface area (Å²) < 4.78 is 0. The molecule has 0 saturated carbocycles. The molecule has 0 aliphatic rings. The highest BCUT2D eigenvalue weighted by Gasteiger charge is 2.18. The molecule has 0 radical (unpaired) electrons. The first-order valence-electron chi connectivity index (χ1n) is 4.17. The molecule has 0 aromatic carbocycles. The van der Waals surface area contributed by atoms with Crippen molar-refractivity contribution in [3.8, 4) is 0 Å². The largest absolute Gasteiger partial charge is 0.480 e. The summed E-state index contributed by atoms with van der Waals surface area (Å²) in [6.07, 6.45) is 3.04. The number of nitrogens with zero attached hydrogens (tertiary/aromatic N) is 1. The van der Waals surface area contributed by atoms with Crippen LogP contribution in [0, 0.1) is 0 Å². The zero-order valence-corrected chi connectivity index (χ0v) is 7.65. The molecule has 1 aromatic rings. The fourth-order valence-electron chi connectivity index (χ4n) is 0.954. The van der Waals surface area contributed by atoms with Crippen LogP contribution in [0.15, 0.2) is 12.5 Å². The summed E-state index contributed by atoms with van der Waals surface area (Å²) in [6, 6.07) is -0.856. The Morgan fingerprint density at radius 3 is 2.86 bits per heavy atom. The van der Waals surface area contributed by atoms with E-state index in [1.807, 2.05) is 0 Å². The van der Waals surface area contributed by atoms with Gasteiger partial charge in [0, 0.05) is 0 Å². The number of imidazole rings is 1. The van der Waals surface area contributed by atoms with Crippen LogP contribution >= 0.6 is 0 Å². The molecule has 3 N–H and O–H groups in total. The Balaban J connectivity index is 2.60. The standard InChI is InChI=1S/C8H11N3O3/c1-2-5(8(13)14)11-7(12)6-3-9-4-10-6/h3-5H,2H2,1H3,(H,9,10)(H,11,12)(H,13,14). The van der Waals surface area contributed by atoms with E-state index in [0.717, 1.165) is 0 Å². The minimum Gasteiger partial charge on any atom is -0.480 e. The Bertz CT molecular complexity index is 321. The number of carboxylic acids is 1. The van der Waals surface area contributed by atoms with Gasteiger partial charge >= 0.3 is 5.97 Å². The fourth-order valence-corrected chi connectivity index (χ4v) is 0.954. The van der Waals surface area contributed by atoms with Gasteiger partial charge in [0.1, 0.15) is 11.7 Å². The molecular weight excluding hydrogens is 186 g/mol. The molecule has 1 amide bonds. The summed E-state index contributed by atoms with van der Waals surface area (Å²) in [5, 5.41) is 11.0. The maximum Gasteiger partial charge on any atom is 0.326 e. The van der Waals surface area contributed by atoms with Gasteiger partial charge in [0.25, 0.3) is 5.91 Å². The molecule has 0 spiro atoms. The summed E-state index contributed by atoms with van der Waals surface area (Å²) in [6.45, 7) is 1.69. The van der Waals surface area contributed by atoms with E-state index < -0.39 is 17.9 Å². The van der Waals surface area contributed by atoms with Gasteiger partial charge in [-0.1, -0.05) is 6.92 Å². The average molecular weight is 197 g/mol. The summed E-state index contributed by atoms with van der Waals surface area (Å²) in [5.74, 6) is -1.50. The predicted octanol–water partition coefficient (Wildman–Crippen LogP) is 0.00270. The first kappa shape index (κ1) is 10.2. The Hall–Kier alpha value is -1.85. The van der Waals surface area contributed by atoms with Gasteiger partial charge in [0.2, 0.25) is 0 Å². The molecule has 0 saturated heterocycles. The number of rotatable bonds is 4. The molecule has 0 aliphatic heterocycles. The van der Waals surface area contributed by atoms with Crippen LogP contribution in [0.25, 0.3) is 0 Å². The number of amides is 1. The van der Waals surface area contributed by atoms with Crippen LogP contribution in [0.4, 0.5) is 0 Å². The van der Waals surface area contributed by atoms with E-state index in [4.69, 9.17) is 5.11 Å². The molecule has 6 heteroatoms. The smallest absolute Gasteiger partial charge is 0.326 e. The van der Waals surface area contributed by atoms with Crippen molar-refractivity contribution in [2.75, 3.05) is 0 Å². The first-order valence-corrected chi connectivity index (χ1v) is 4.17. The van der Waals surface area contributed by atoms with Gasteiger partial charge in [-0.2, -0.15) is 0 Å². The number of H-pyrrole nitrogens is 1. The van der Waals surface area contributed by atoms with E-state index >= 15 is 0 Å². The summed E-state index contributed by atoms with van der Waals surface area (Å²) >= 11 is 0. The zero-order valence-electron chi connectivity index (χ0n) is 7.65. The second-order valence-electron chi connectivity index (χ2n) is 2.74. The maximum atomic E-state index is 11.3. The van der Waals surface area contributed by atoms with E-state index in [9.17, 15) is 9.59 Å². The third-order valence-electron chi connectivity index (χ3n) is 1.75. The van der Waals surface area contributed by atoms with Crippen molar-refractivity contribution < 1.29 is 14.7 Å². The molecule has 14 heavy (non-hydrogen) atoms. The van der Waals surface area contributed by atoms with Crippen molar-refractivity contribution in [2.45, 2.75) is 19.4 Å². The molecule has 1 atom stereocenters. The number of hydrogen-bond donors (Lipinski definition) is 3. The molecule has 1 heterocycles. The topological polar surface area (TPSA) is 95.1 Å². The van der Waals surface area contributed by atoms with Crippen LogP contribution in [0.3, 0.4) is 0 Å². The normalized spacial score (nSPS) is 12.1. The van der Waals surface area contributed by atoms with Crippen molar-refractivity contribution in [3.05, 3.63) is 18.2 Å². The average Bonchev–Trinajstić information content (AvgIpc) is 2.65. The van der Waals surface area contributed by atoms with Gasteiger partial charge in [-0.15, -0.1) is 0 Å². The van der Waals surface area contributed by atoms with E-state index in [1.54, 1.807) is 6.92 Å². The van der Waals surface area contributed by atoms with E-state index in [2.05, 4.69) is 15.3 Å². The van der Waals surface area contributed by atoms with E-state index in [0.29, 0.717) is 6.42 Å². The number of hydrogen-bond acceptors (Lipinski definition) is 3. The monoisotopic (exact) mass is 197 g/mol. The zero-order chi connectivity index (χ0) is 10.6. The number of carboxylic acid groups (broad SMARTS) is 1. The third-order valence-corrected chi connectivity index (χ3v) is 1.75. The third kappa shape index (κ3) is 2.32. The molecule has 76 valence electrons. The van der Waals surface area contributed by atoms with Gasteiger partial charge < -0.3 is 15.4 Å². The molecule has 6 nitrogen and oxygen atoms in total.